The fraction of sp³-hybridized carbons (Fsp3) is 0.346. The van der Waals surface area contributed by atoms with Crippen molar-refractivity contribution in [1.29, 1.82) is 0 Å². The number of ether oxygens (including phenoxy) is 2. The number of hydrogen-bond donors (Lipinski definition) is 3. The summed E-state index contributed by atoms with van der Waals surface area (Å²) in [5, 5.41) is 11.1. The minimum atomic E-state index is -4.55. The number of methoxy groups -OCH3 is 1. The third-order valence-corrected chi connectivity index (χ3v) is 7.40. The van der Waals surface area contributed by atoms with Crippen LogP contribution >= 0.6 is 0 Å². The lowest BCUT2D eigenvalue weighted by Gasteiger charge is -2.25. The van der Waals surface area contributed by atoms with Crippen LogP contribution in [0, 0.1) is 5.92 Å². The highest BCUT2D eigenvalue weighted by Crippen LogP contribution is 2.39. The number of carbonyl (C=O) groups is 1. The molecule has 0 spiro atoms. The molecule has 1 aliphatic carbocycles. The van der Waals surface area contributed by atoms with Gasteiger partial charge in [0.1, 0.15) is 10.6 Å². The van der Waals surface area contributed by atoms with Gasteiger partial charge in [-0.2, -0.15) is 13.2 Å². The van der Waals surface area contributed by atoms with Crippen molar-refractivity contribution in [3.05, 3.63) is 71.3 Å². The van der Waals surface area contributed by atoms with Crippen LogP contribution in [0.15, 0.2) is 65.1 Å². The Balaban J connectivity index is 1.60. The van der Waals surface area contributed by atoms with E-state index in [2.05, 4.69) is 10.6 Å². The average molecular weight is 552 g/mol. The van der Waals surface area contributed by atoms with Crippen molar-refractivity contribution < 1.29 is 35.9 Å². The Hall–Kier alpha value is -3.19. The molecule has 2 atom stereocenters. The Labute approximate surface area is 218 Å². The lowest BCUT2D eigenvalue weighted by atomic mass is 9.84. The topological polar surface area (TPSA) is 120 Å². The summed E-state index contributed by atoms with van der Waals surface area (Å²) in [6, 6.07) is 9.27. The fourth-order valence-corrected chi connectivity index (χ4v) is 5.22. The zero-order chi connectivity index (χ0) is 27.5. The van der Waals surface area contributed by atoms with Crippen molar-refractivity contribution in [2.45, 2.75) is 30.0 Å². The van der Waals surface area contributed by atoms with Gasteiger partial charge in [0.25, 0.3) is 0 Å². The summed E-state index contributed by atoms with van der Waals surface area (Å²) in [5.74, 6) is -1.15. The highest BCUT2D eigenvalue weighted by molar-refractivity contribution is 7.89. The molecule has 0 saturated carbocycles. The van der Waals surface area contributed by atoms with Gasteiger partial charge in [0.05, 0.1) is 31.3 Å². The number of hydrogen-bond acceptors (Lipinski definition) is 6. The maximum Gasteiger partial charge on any atom is 0.417 e. The van der Waals surface area contributed by atoms with E-state index in [9.17, 15) is 26.4 Å². The predicted molar refractivity (Wildman–Crippen MR) is 136 cm³/mol. The van der Waals surface area contributed by atoms with Crippen molar-refractivity contribution >= 4 is 27.2 Å². The summed E-state index contributed by atoms with van der Waals surface area (Å²) in [6.45, 7) is 1.53. The number of nitrogens with two attached hydrogens (primary N) is 1. The molecule has 1 fully saturated rings. The van der Waals surface area contributed by atoms with E-state index in [1.165, 1.54) is 43.5 Å². The molecule has 2 aliphatic rings. The van der Waals surface area contributed by atoms with E-state index < -0.39 is 33.6 Å². The SMILES string of the molecule is COc1cc(NC(=O)C2C=CC(c3ccccc3C(F)(F)F)=C(COC3CCNC3)C2)ccc1S(N)(=O)=O. The van der Waals surface area contributed by atoms with E-state index in [1.54, 1.807) is 12.1 Å². The molecule has 38 heavy (non-hydrogen) atoms. The number of nitrogens with one attached hydrogen (secondary N) is 2. The Kier molecular flexibility index (Phi) is 8.26. The number of sulfonamides is 1. The predicted octanol–water partition coefficient (Wildman–Crippen LogP) is 3.71. The van der Waals surface area contributed by atoms with Crippen LogP contribution in [0.25, 0.3) is 5.57 Å². The first-order valence-corrected chi connectivity index (χ1v) is 13.4. The van der Waals surface area contributed by atoms with Gasteiger partial charge in [0, 0.05) is 18.3 Å². The molecule has 0 bridgehead atoms. The minimum Gasteiger partial charge on any atom is -0.495 e. The summed E-state index contributed by atoms with van der Waals surface area (Å²) in [4.78, 5) is 12.9. The Morgan fingerprint density at radius 2 is 1.97 bits per heavy atom. The van der Waals surface area contributed by atoms with Gasteiger partial charge in [0.15, 0.2) is 0 Å². The van der Waals surface area contributed by atoms with Crippen molar-refractivity contribution in [3.63, 3.8) is 0 Å². The molecule has 0 aromatic heterocycles. The zero-order valence-electron chi connectivity index (χ0n) is 20.5. The summed E-state index contributed by atoms with van der Waals surface area (Å²) >= 11 is 0. The summed E-state index contributed by atoms with van der Waals surface area (Å²) in [7, 11) is -2.76. The first-order valence-electron chi connectivity index (χ1n) is 11.9. The molecule has 0 radical (unpaired) electrons. The second-order valence-corrected chi connectivity index (χ2v) is 10.6. The van der Waals surface area contributed by atoms with Gasteiger partial charge in [-0.15, -0.1) is 0 Å². The van der Waals surface area contributed by atoms with Gasteiger partial charge in [-0.25, -0.2) is 13.6 Å². The van der Waals surface area contributed by atoms with Crippen molar-refractivity contribution in [3.8, 4) is 5.75 Å². The number of amides is 1. The number of allylic oxidation sites excluding steroid dienone is 2. The van der Waals surface area contributed by atoms with E-state index in [-0.39, 0.29) is 41.0 Å². The van der Waals surface area contributed by atoms with Gasteiger partial charge in [-0.3, -0.25) is 4.79 Å². The van der Waals surface area contributed by atoms with Gasteiger partial charge in [-0.1, -0.05) is 30.4 Å². The molecule has 204 valence electrons. The van der Waals surface area contributed by atoms with Crippen molar-refractivity contribution in [2.75, 3.05) is 32.1 Å². The molecule has 4 N–H and O–H groups in total. The zero-order valence-corrected chi connectivity index (χ0v) is 21.4. The number of anilines is 1. The monoisotopic (exact) mass is 551 g/mol. The van der Waals surface area contributed by atoms with Crippen LogP contribution in [0.3, 0.4) is 0 Å². The first-order chi connectivity index (χ1) is 18.0. The third kappa shape index (κ3) is 6.44. The smallest absolute Gasteiger partial charge is 0.417 e. The molecule has 12 heteroatoms. The maximum atomic E-state index is 13.8. The van der Waals surface area contributed by atoms with Crippen molar-refractivity contribution in [1.82, 2.24) is 5.32 Å². The number of rotatable bonds is 8. The Morgan fingerprint density at radius 3 is 2.63 bits per heavy atom. The highest BCUT2D eigenvalue weighted by Gasteiger charge is 2.35. The number of halogens is 3. The molecule has 1 aliphatic heterocycles. The fourth-order valence-electron chi connectivity index (χ4n) is 4.54. The van der Waals surface area contributed by atoms with Crippen LogP contribution in [0.1, 0.15) is 24.0 Å². The molecule has 1 amide bonds. The van der Waals surface area contributed by atoms with Gasteiger partial charge >= 0.3 is 6.18 Å². The van der Waals surface area contributed by atoms with Crippen LogP contribution < -0.4 is 20.5 Å². The number of carbonyl (C=O) groups excluding carboxylic acids is 1. The Bertz CT molecular complexity index is 1370. The lowest BCUT2D eigenvalue weighted by Crippen LogP contribution is -2.26. The minimum absolute atomic E-state index is 0.0292. The molecule has 1 saturated heterocycles. The van der Waals surface area contributed by atoms with Gasteiger partial charge in [0.2, 0.25) is 15.9 Å². The standard InChI is InChI=1S/C26H28F3N3O5S/c1-36-23-13-18(7-9-24(23)38(30,34)35)32-25(33)16-6-8-20(17(12-16)15-37-19-10-11-31-14-19)21-4-2-3-5-22(21)26(27,28)29/h2-9,13,16,19,31H,10-12,14-15H2,1H3,(H,32,33)(H2,30,34,35). The van der Waals surface area contributed by atoms with E-state index in [1.807, 2.05) is 0 Å². The molecule has 4 rings (SSSR count). The quantitative estimate of drug-likeness (QED) is 0.460. The average Bonchev–Trinajstić information content (AvgIpc) is 3.40. The number of primary sulfonamides is 1. The maximum absolute atomic E-state index is 13.8. The molecular weight excluding hydrogens is 523 g/mol. The van der Waals surface area contributed by atoms with Crippen molar-refractivity contribution in [2.24, 2.45) is 11.1 Å². The Morgan fingerprint density at radius 1 is 1.21 bits per heavy atom. The second-order valence-electron chi connectivity index (χ2n) is 9.06. The van der Waals surface area contributed by atoms with E-state index >= 15 is 0 Å². The molecule has 2 unspecified atom stereocenters. The number of benzene rings is 2. The second kappa shape index (κ2) is 11.3. The van der Waals surface area contributed by atoms with Crippen LogP contribution in [-0.2, 0) is 25.7 Å². The normalized spacial score (nSPS) is 20.0. The largest absolute Gasteiger partial charge is 0.495 e. The van der Waals surface area contributed by atoms with E-state index in [0.29, 0.717) is 17.7 Å². The molecule has 2 aromatic rings. The molecule has 8 nitrogen and oxygen atoms in total. The van der Waals surface area contributed by atoms with Gasteiger partial charge in [-0.05, 0) is 54.3 Å². The molecule has 1 heterocycles. The van der Waals surface area contributed by atoms with Gasteiger partial charge < -0.3 is 20.1 Å². The highest BCUT2D eigenvalue weighted by atomic mass is 32.2. The summed E-state index contributed by atoms with van der Waals surface area (Å²) in [6.07, 6.45) is -0.573. The van der Waals surface area contributed by atoms with E-state index in [0.717, 1.165) is 19.0 Å². The van der Waals surface area contributed by atoms with Crippen LogP contribution in [-0.4, -0.2) is 47.2 Å². The van der Waals surface area contributed by atoms with Crippen LogP contribution in [0.4, 0.5) is 18.9 Å². The molecule has 2 aromatic carbocycles. The lowest BCUT2D eigenvalue weighted by molar-refractivity contribution is -0.137. The third-order valence-electron chi connectivity index (χ3n) is 6.45. The first kappa shape index (κ1) is 27.8. The molecular formula is C26H28F3N3O5S. The van der Waals surface area contributed by atoms with Crippen LogP contribution in [0.5, 0.6) is 5.75 Å². The van der Waals surface area contributed by atoms with E-state index in [4.69, 9.17) is 14.6 Å². The van der Waals surface area contributed by atoms with Crippen LogP contribution in [0.2, 0.25) is 0 Å². The summed E-state index contributed by atoms with van der Waals surface area (Å²) < 4.78 is 75.8. The summed E-state index contributed by atoms with van der Waals surface area (Å²) in [5.41, 5.74) is 0.511. The number of alkyl halides is 3.